The van der Waals surface area contributed by atoms with E-state index in [4.69, 9.17) is 0 Å². The fourth-order valence-corrected chi connectivity index (χ4v) is 0.618. The molecule has 0 saturated heterocycles. The Morgan fingerprint density at radius 3 is 0.875 bits per heavy atom. The third-order valence-corrected chi connectivity index (χ3v) is 3.47. The molecule has 2 atom stereocenters. The van der Waals surface area contributed by atoms with Crippen LogP contribution in [0.4, 0.5) is 0 Å². The molecule has 0 heterocycles. The molecule has 0 spiro atoms. The van der Waals surface area contributed by atoms with Crippen molar-refractivity contribution in [3.05, 3.63) is 0 Å². The van der Waals surface area contributed by atoms with E-state index < -0.39 is 11.2 Å². The van der Waals surface area contributed by atoms with Gasteiger partial charge in [-0.25, -0.2) is 0 Å². The summed E-state index contributed by atoms with van der Waals surface area (Å²) in [4.78, 5) is 0. The van der Waals surface area contributed by atoms with Gasteiger partial charge in [-0.15, -0.1) is 0 Å². The van der Waals surface area contributed by atoms with E-state index in [2.05, 4.69) is 11.8 Å². The minimum absolute atomic E-state index is 0.339. The number of hydrogen-bond acceptors (Lipinski definition) is 2. The van der Waals surface area contributed by atoms with E-state index >= 15 is 0 Å². The maximum atomic E-state index is 10.2. The first kappa shape index (κ1) is 15.5. The monoisotopic (exact) mass is 226 g/mol. The molecular weight excluding hydrogens is 200 g/mol. The van der Waals surface area contributed by atoms with Crippen LogP contribution in [0.1, 0.15) is 55.4 Å². The minimum atomic E-state index is -1.11. The molecule has 0 saturated carbocycles. The summed E-state index contributed by atoms with van der Waals surface area (Å²) in [6.45, 7) is 14.9. The zero-order valence-corrected chi connectivity index (χ0v) is 11.9. The Kier molecular flexibility index (Phi) is 3.92. The van der Waals surface area contributed by atoms with Crippen LogP contribution in [0.2, 0.25) is 0 Å². The van der Waals surface area contributed by atoms with E-state index in [1.54, 1.807) is 13.8 Å². The first-order valence-electron chi connectivity index (χ1n) is 5.70. The molecule has 0 amide bonds. The molecular formula is C14H26O2. The zero-order valence-electron chi connectivity index (χ0n) is 11.9. The van der Waals surface area contributed by atoms with E-state index in [0.717, 1.165) is 0 Å². The summed E-state index contributed by atoms with van der Waals surface area (Å²) in [7, 11) is 0. The standard InChI is InChI=1S/C14H26O2/c1-11(2,3)13(7,15)9-10-14(8,16)12(4,5)6/h15-16H,1-8H3/t13-,14-/m1/s1. The van der Waals surface area contributed by atoms with Crippen LogP contribution in [0.15, 0.2) is 0 Å². The fourth-order valence-electron chi connectivity index (χ4n) is 0.618. The Balaban J connectivity index is 5.17. The number of hydrogen-bond donors (Lipinski definition) is 2. The molecule has 0 rings (SSSR count). The van der Waals surface area contributed by atoms with Crippen molar-refractivity contribution in [1.82, 2.24) is 0 Å². The molecule has 2 heteroatoms. The van der Waals surface area contributed by atoms with Gasteiger partial charge in [0.1, 0.15) is 11.2 Å². The van der Waals surface area contributed by atoms with E-state index in [1.807, 2.05) is 41.5 Å². The van der Waals surface area contributed by atoms with Crippen molar-refractivity contribution in [2.24, 2.45) is 10.8 Å². The van der Waals surface area contributed by atoms with E-state index in [1.165, 1.54) is 0 Å². The van der Waals surface area contributed by atoms with Crippen molar-refractivity contribution in [3.8, 4) is 11.8 Å². The normalized spacial score (nSPS) is 20.4. The van der Waals surface area contributed by atoms with Gasteiger partial charge in [0.2, 0.25) is 0 Å². The molecule has 16 heavy (non-hydrogen) atoms. The molecule has 0 aromatic heterocycles. The lowest BCUT2D eigenvalue weighted by molar-refractivity contribution is 0.00240. The SMILES string of the molecule is CC(C)(C)[C@](C)(O)C#C[C@@](C)(O)C(C)(C)C. The second-order valence-electron chi connectivity index (χ2n) is 6.89. The van der Waals surface area contributed by atoms with Gasteiger partial charge in [-0.3, -0.25) is 0 Å². The van der Waals surface area contributed by atoms with Gasteiger partial charge in [-0.2, -0.15) is 0 Å². The Hall–Kier alpha value is -0.520. The van der Waals surface area contributed by atoms with Crippen LogP contribution < -0.4 is 0 Å². The summed E-state index contributed by atoms with van der Waals surface area (Å²) in [5, 5.41) is 20.4. The molecule has 0 unspecified atom stereocenters. The highest BCUT2D eigenvalue weighted by Crippen LogP contribution is 2.32. The quantitative estimate of drug-likeness (QED) is 0.623. The lowest BCUT2D eigenvalue weighted by Crippen LogP contribution is -2.41. The van der Waals surface area contributed by atoms with Crippen LogP contribution in [0.5, 0.6) is 0 Å². The highest BCUT2D eigenvalue weighted by atomic mass is 16.3. The zero-order chi connectivity index (χ0) is 13.4. The van der Waals surface area contributed by atoms with Crippen molar-refractivity contribution >= 4 is 0 Å². The summed E-state index contributed by atoms with van der Waals surface area (Å²) < 4.78 is 0. The van der Waals surface area contributed by atoms with Gasteiger partial charge in [0.25, 0.3) is 0 Å². The second kappa shape index (κ2) is 4.05. The Morgan fingerprint density at radius 1 is 0.562 bits per heavy atom. The maximum Gasteiger partial charge on any atom is 0.127 e. The molecule has 0 fully saturated rings. The van der Waals surface area contributed by atoms with Crippen LogP contribution in [0.25, 0.3) is 0 Å². The van der Waals surface area contributed by atoms with Crippen LogP contribution in [0.3, 0.4) is 0 Å². The summed E-state index contributed by atoms with van der Waals surface area (Å²) in [5.41, 5.74) is -2.90. The van der Waals surface area contributed by atoms with Gasteiger partial charge >= 0.3 is 0 Å². The van der Waals surface area contributed by atoms with E-state index in [-0.39, 0.29) is 10.8 Å². The molecule has 0 bridgehead atoms. The molecule has 94 valence electrons. The first-order valence-corrected chi connectivity index (χ1v) is 5.70. The summed E-state index contributed by atoms with van der Waals surface area (Å²) in [5.74, 6) is 5.60. The number of aliphatic hydroxyl groups is 2. The molecule has 0 radical (unpaired) electrons. The van der Waals surface area contributed by atoms with Crippen LogP contribution in [-0.2, 0) is 0 Å². The van der Waals surface area contributed by atoms with Gasteiger partial charge in [0.05, 0.1) is 0 Å². The first-order chi connectivity index (χ1) is 6.71. The average Bonchev–Trinajstić information content (AvgIpc) is 1.97. The highest BCUT2D eigenvalue weighted by molar-refractivity contribution is 5.23. The summed E-state index contributed by atoms with van der Waals surface area (Å²) >= 11 is 0. The Morgan fingerprint density at radius 2 is 0.750 bits per heavy atom. The van der Waals surface area contributed by atoms with Crippen molar-refractivity contribution in [2.45, 2.75) is 66.6 Å². The Bertz CT molecular complexity index is 270. The van der Waals surface area contributed by atoms with Gasteiger partial charge < -0.3 is 10.2 Å². The molecule has 0 aliphatic carbocycles. The molecule has 2 N–H and O–H groups in total. The summed E-state index contributed by atoms with van der Waals surface area (Å²) in [6.07, 6.45) is 0. The van der Waals surface area contributed by atoms with Crippen LogP contribution in [-0.4, -0.2) is 21.4 Å². The third kappa shape index (κ3) is 3.50. The van der Waals surface area contributed by atoms with Gasteiger partial charge in [-0.1, -0.05) is 53.4 Å². The topological polar surface area (TPSA) is 40.5 Å². The van der Waals surface area contributed by atoms with Gasteiger partial charge in [-0.05, 0) is 13.8 Å². The van der Waals surface area contributed by atoms with Crippen molar-refractivity contribution in [1.29, 1.82) is 0 Å². The molecule has 0 aromatic carbocycles. The van der Waals surface area contributed by atoms with Gasteiger partial charge in [0, 0.05) is 10.8 Å². The van der Waals surface area contributed by atoms with Crippen LogP contribution in [0, 0.1) is 22.7 Å². The lowest BCUT2D eigenvalue weighted by atomic mass is 9.75. The predicted molar refractivity (Wildman–Crippen MR) is 67.9 cm³/mol. The molecule has 0 aliphatic heterocycles. The summed E-state index contributed by atoms with van der Waals surface area (Å²) in [6, 6.07) is 0. The fraction of sp³-hybridized carbons (Fsp3) is 0.857. The highest BCUT2D eigenvalue weighted by Gasteiger charge is 2.37. The molecule has 0 aliphatic rings. The van der Waals surface area contributed by atoms with Gasteiger partial charge in [0.15, 0.2) is 0 Å². The minimum Gasteiger partial charge on any atom is -0.377 e. The second-order valence-corrected chi connectivity index (χ2v) is 6.89. The Labute approximate surface area is 100 Å². The van der Waals surface area contributed by atoms with Crippen LogP contribution >= 0.6 is 0 Å². The van der Waals surface area contributed by atoms with E-state index in [9.17, 15) is 10.2 Å². The number of rotatable bonds is 0. The largest absolute Gasteiger partial charge is 0.377 e. The molecule has 0 aromatic rings. The predicted octanol–water partition coefficient (Wildman–Crippen LogP) is 2.58. The average molecular weight is 226 g/mol. The van der Waals surface area contributed by atoms with Crippen molar-refractivity contribution < 1.29 is 10.2 Å². The van der Waals surface area contributed by atoms with Crippen molar-refractivity contribution in [3.63, 3.8) is 0 Å². The maximum absolute atomic E-state index is 10.2. The smallest absolute Gasteiger partial charge is 0.127 e. The lowest BCUT2D eigenvalue weighted by Gasteiger charge is -2.35. The van der Waals surface area contributed by atoms with Crippen molar-refractivity contribution in [2.75, 3.05) is 0 Å². The third-order valence-electron chi connectivity index (χ3n) is 3.47. The van der Waals surface area contributed by atoms with E-state index in [0.29, 0.717) is 0 Å². The molecule has 2 nitrogen and oxygen atoms in total.